The molecule has 2 unspecified atom stereocenters. The number of phenolic OH excluding ortho intramolecular Hbond substituents is 1. The van der Waals surface area contributed by atoms with Gasteiger partial charge in [0.25, 0.3) is 0 Å². The predicted molar refractivity (Wildman–Crippen MR) is 82.2 cm³/mol. The van der Waals surface area contributed by atoms with E-state index in [-0.39, 0.29) is 5.75 Å². The highest BCUT2D eigenvalue weighted by Crippen LogP contribution is 2.36. The molecule has 0 aliphatic carbocycles. The summed E-state index contributed by atoms with van der Waals surface area (Å²) in [5.74, 6) is 1.51. The lowest BCUT2D eigenvalue weighted by Crippen LogP contribution is -2.44. The molecular weight excluding hydrogens is 320 g/mol. The van der Waals surface area contributed by atoms with Crippen molar-refractivity contribution in [3.8, 4) is 11.5 Å². The van der Waals surface area contributed by atoms with E-state index in [0.29, 0.717) is 16.3 Å². The number of piperidine rings is 1. The van der Waals surface area contributed by atoms with Crippen LogP contribution in [0.5, 0.6) is 11.5 Å². The lowest BCUT2D eigenvalue weighted by molar-refractivity contribution is 0.117. The molecule has 2 heterocycles. The summed E-state index contributed by atoms with van der Waals surface area (Å²) in [5.41, 5.74) is 1.18. The van der Waals surface area contributed by atoms with Gasteiger partial charge in [-0.2, -0.15) is 0 Å². The van der Waals surface area contributed by atoms with E-state index in [9.17, 15) is 5.11 Å². The van der Waals surface area contributed by atoms with Crippen LogP contribution < -0.4 is 10.1 Å². The largest absolute Gasteiger partial charge is 0.503 e. The molecule has 0 aromatic heterocycles. The Morgan fingerprint density at radius 2 is 2.30 bits per heavy atom. The van der Waals surface area contributed by atoms with Crippen LogP contribution in [0.2, 0.25) is 0 Å². The number of fused-ring (bicyclic) bond motifs is 1. The number of hydrogen-bond acceptors (Lipinski definition) is 4. The van der Waals surface area contributed by atoms with Gasteiger partial charge >= 0.3 is 0 Å². The Bertz CT molecular complexity index is 495. The smallest absolute Gasteiger partial charge is 0.172 e. The molecule has 2 N–H and O–H groups in total. The lowest BCUT2D eigenvalue weighted by atomic mass is 9.91. The first kappa shape index (κ1) is 14.2. The normalized spacial score (nSPS) is 26.5. The second-order valence-corrected chi connectivity index (χ2v) is 6.58. The Morgan fingerprint density at radius 3 is 3.10 bits per heavy atom. The van der Waals surface area contributed by atoms with Crippen molar-refractivity contribution in [3.05, 3.63) is 22.2 Å². The SMILES string of the molecule is COc1cc(CN2CCCC3CNCC32)cc(Br)c1O. The standard InChI is InChI=1S/C15H21BrN2O2/c1-20-14-6-10(5-12(16)15(14)19)9-18-4-2-3-11-7-17-8-13(11)18/h5-6,11,13,17,19H,2-4,7-9H2,1H3. The molecule has 20 heavy (non-hydrogen) atoms. The van der Waals surface area contributed by atoms with E-state index >= 15 is 0 Å². The Balaban J connectivity index is 1.78. The Morgan fingerprint density at radius 1 is 1.45 bits per heavy atom. The second-order valence-electron chi connectivity index (χ2n) is 5.73. The number of benzene rings is 1. The van der Waals surface area contributed by atoms with E-state index in [4.69, 9.17) is 4.74 Å². The lowest BCUT2D eigenvalue weighted by Gasteiger charge is -2.37. The number of methoxy groups -OCH3 is 1. The van der Waals surface area contributed by atoms with Gasteiger partial charge in [0, 0.05) is 19.1 Å². The van der Waals surface area contributed by atoms with E-state index < -0.39 is 0 Å². The molecule has 4 nitrogen and oxygen atoms in total. The van der Waals surface area contributed by atoms with Crippen LogP contribution >= 0.6 is 15.9 Å². The van der Waals surface area contributed by atoms with Gasteiger partial charge in [-0.25, -0.2) is 0 Å². The molecule has 0 bridgehead atoms. The maximum atomic E-state index is 9.88. The van der Waals surface area contributed by atoms with Crippen molar-refractivity contribution in [2.75, 3.05) is 26.7 Å². The number of likely N-dealkylation sites (tertiary alicyclic amines) is 1. The van der Waals surface area contributed by atoms with Crippen LogP contribution in [0.15, 0.2) is 16.6 Å². The quantitative estimate of drug-likeness (QED) is 0.886. The van der Waals surface area contributed by atoms with Crippen molar-refractivity contribution in [2.45, 2.75) is 25.4 Å². The van der Waals surface area contributed by atoms with Crippen molar-refractivity contribution in [1.82, 2.24) is 10.2 Å². The van der Waals surface area contributed by atoms with Gasteiger partial charge in [0.2, 0.25) is 0 Å². The summed E-state index contributed by atoms with van der Waals surface area (Å²) >= 11 is 3.40. The van der Waals surface area contributed by atoms with Crippen LogP contribution in [-0.4, -0.2) is 42.8 Å². The van der Waals surface area contributed by atoms with Crippen LogP contribution in [0.1, 0.15) is 18.4 Å². The van der Waals surface area contributed by atoms with Crippen molar-refractivity contribution in [1.29, 1.82) is 0 Å². The zero-order chi connectivity index (χ0) is 14.1. The molecule has 0 spiro atoms. The van der Waals surface area contributed by atoms with Crippen LogP contribution in [0.3, 0.4) is 0 Å². The van der Waals surface area contributed by atoms with Gasteiger partial charge in [0.15, 0.2) is 11.5 Å². The summed E-state index contributed by atoms with van der Waals surface area (Å²) in [4.78, 5) is 2.56. The fourth-order valence-corrected chi connectivity index (χ4v) is 3.96. The summed E-state index contributed by atoms with van der Waals surface area (Å²) in [5, 5.41) is 13.4. The maximum Gasteiger partial charge on any atom is 0.172 e. The molecule has 0 amide bonds. The van der Waals surface area contributed by atoms with Crippen molar-refractivity contribution in [2.24, 2.45) is 5.92 Å². The van der Waals surface area contributed by atoms with E-state index in [1.54, 1.807) is 7.11 Å². The van der Waals surface area contributed by atoms with E-state index in [0.717, 1.165) is 32.1 Å². The fraction of sp³-hybridized carbons (Fsp3) is 0.600. The monoisotopic (exact) mass is 340 g/mol. The number of halogens is 1. The second kappa shape index (κ2) is 5.92. The average Bonchev–Trinajstić information content (AvgIpc) is 2.92. The summed E-state index contributed by atoms with van der Waals surface area (Å²) in [6.07, 6.45) is 2.62. The van der Waals surface area contributed by atoms with Gasteiger partial charge in [-0.15, -0.1) is 0 Å². The minimum Gasteiger partial charge on any atom is -0.503 e. The molecule has 2 aliphatic rings. The topological polar surface area (TPSA) is 44.7 Å². The molecular formula is C15H21BrN2O2. The van der Waals surface area contributed by atoms with Crippen LogP contribution in [0, 0.1) is 5.92 Å². The maximum absolute atomic E-state index is 9.88. The van der Waals surface area contributed by atoms with Gasteiger partial charge in [-0.1, -0.05) is 0 Å². The Labute approximate surface area is 128 Å². The number of rotatable bonds is 3. The van der Waals surface area contributed by atoms with Gasteiger partial charge in [0.05, 0.1) is 11.6 Å². The summed E-state index contributed by atoms with van der Waals surface area (Å²) in [6, 6.07) is 4.58. The molecule has 0 saturated carbocycles. The van der Waals surface area contributed by atoms with Gasteiger partial charge in [-0.05, 0) is 65.5 Å². The number of nitrogens with zero attached hydrogens (tertiary/aromatic N) is 1. The molecule has 2 saturated heterocycles. The summed E-state index contributed by atoms with van der Waals surface area (Å²) in [6.45, 7) is 4.33. The van der Waals surface area contributed by atoms with E-state index in [1.165, 1.54) is 18.4 Å². The highest BCUT2D eigenvalue weighted by Gasteiger charge is 2.34. The zero-order valence-electron chi connectivity index (χ0n) is 11.7. The van der Waals surface area contributed by atoms with Crippen LogP contribution in [0.25, 0.3) is 0 Å². The molecule has 2 aliphatic heterocycles. The minimum absolute atomic E-state index is 0.176. The van der Waals surface area contributed by atoms with E-state index in [1.807, 2.05) is 12.1 Å². The summed E-state index contributed by atoms with van der Waals surface area (Å²) in [7, 11) is 1.59. The third kappa shape index (κ3) is 2.67. The first-order chi connectivity index (χ1) is 9.69. The van der Waals surface area contributed by atoms with Crippen LogP contribution in [0.4, 0.5) is 0 Å². The number of ether oxygens (including phenoxy) is 1. The first-order valence-corrected chi connectivity index (χ1v) is 7.98. The molecule has 5 heteroatoms. The third-order valence-corrected chi connectivity index (χ3v) is 5.09. The molecule has 1 aromatic rings. The molecule has 2 fully saturated rings. The summed E-state index contributed by atoms with van der Waals surface area (Å²) < 4.78 is 5.93. The third-order valence-electron chi connectivity index (χ3n) is 4.49. The van der Waals surface area contributed by atoms with E-state index in [2.05, 4.69) is 26.1 Å². The number of nitrogens with one attached hydrogen (secondary N) is 1. The highest BCUT2D eigenvalue weighted by atomic mass is 79.9. The number of phenols is 1. The minimum atomic E-state index is 0.176. The van der Waals surface area contributed by atoms with Crippen molar-refractivity contribution >= 4 is 15.9 Å². The highest BCUT2D eigenvalue weighted by molar-refractivity contribution is 9.10. The van der Waals surface area contributed by atoms with Gasteiger partial charge in [0.1, 0.15) is 0 Å². The Kier molecular flexibility index (Phi) is 4.19. The molecule has 0 radical (unpaired) electrons. The van der Waals surface area contributed by atoms with Crippen LogP contribution in [-0.2, 0) is 6.54 Å². The number of aromatic hydroxyl groups is 1. The van der Waals surface area contributed by atoms with Crippen molar-refractivity contribution < 1.29 is 9.84 Å². The first-order valence-electron chi connectivity index (χ1n) is 7.19. The zero-order valence-corrected chi connectivity index (χ0v) is 13.3. The van der Waals surface area contributed by atoms with Gasteiger partial charge in [-0.3, -0.25) is 4.90 Å². The Hall–Kier alpha value is -0.780. The molecule has 2 atom stereocenters. The molecule has 110 valence electrons. The fourth-order valence-electron chi connectivity index (χ4n) is 3.47. The predicted octanol–water partition coefficient (Wildman–Crippen LogP) is 2.35. The molecule has 1 aromatic carbocycles. The molecule has 3 rings (SSSR count). The average molecular weight is 341 g/mol. The van der Waals surface area contributed by atoms with Crippen molar-refractivity contribution in [3.63, 3.8) is 0 Å². The van der Waals surface area contributed by atoms with Gasteiger partial charge < -0.3 is 15.2 Å². The number of hydrogen-bond donors (Lipinski definition) is 2.